The molecule has 0 saturated heterocycles. The molecule has 1 unspecified atom stereocenters. The zero-order chi connectivity index (χ0) is 11.2. The van der Waals surface area contributed by atoms with Gasteiger partial charge in [0.05, 0.1) is 11.7 Å². The molecular formula is C11H11F3O. The van der Waals surface area contributed by atoms with Gasteiger partial charge in [-0.15, -0.1) is 0 Å². The molecule has 15 heavy (non-hydrogen) atoms. The van der Waals surface area contributed by atoms with E-state index in [2.05, 4.69) is 0 Å². The van der Waals surface area contributed by atoms with Gasteiger partial charge in [-0.25, -0.2) is 0 Å². The number of benzene rings is 1. The van der Waals surface area contributed by atoms with E-state index in [9.17, 15) is 18.3 Å². The fraction of sp³-hybridized carbons (Fsp3) is 0.455. The lowest BCUT2D eigenvalue weighted by Gasteiger charge is -2.13. The van der Waals surface area contributed by atoms with Crippen LogP contribution in [0.5, 0.6) is 0 Å². The van der Waals surface area contributed by atoms with Crippen molar-refractivity contribution in [3.8, 4) is 0 Å². The van der Waals surface area contributed by atoms with Gasteiger partial charge in [-0.3, -0.25) is 0 Å². The number of hydrogen-bond donors (Lipinski definition) is 1. The Bertz CT molecular complexity index is 396. The highest BCUT2D eigenvalue weighted by Gasteiger charge is 2.37. The smallest absolute Gasteiger partial charge is 0.388 e. The van der Waals surface area contributed by atoms with Crippen molar-refractivity contribution in [1.29, 1.82) is 0 Å². The van der Waals surface area contributed by atoms with Crippen molar-refractivity contribution in [2.45, 2.75) is 32.0 Å². The van der Waals surface area contributed by atoms with Gasteiger partial charge >= 0.3 is 6.18 Å². The summed E-state index contributed by atoms with van der Waals surface area (Å²) in [5, 5.41) is 9.53. The predicted molar refractivity (Wildman–Crippen MR) is 49.5 cm³/mol. The molecule has 0 aromatic heterocycles. The Hall–Kier alpha value is -1.03. The summed E-state index contributed by atoms with van der Waals surface area (Å²) in [7, 11) is 0. The van der Waals surface area contributed by atoms with E-state index in [1.807, 2.05) is 0 Å². The SMILES string of the molecule is Cc1cc2c(c(C(F)(F)F)c1)CCC2O. The fourth-order valence-corrected chi connectivity index (χ4v) is 2.11. The first-order valence-electron chi connectivity index (χ1n) is 4.78. The topological polar surface area (TPSA) is 20.2 Å². The molecule has 0 spiro atoms. The Balaban J connectivity index is 2.62. The van der Waals surface area contributed by atoms with Crippen LogP contribution in [0, 0.1) is 6.92 Å². The number of aliphatic hydroxyl groups is 1. The monoisotopic (exact) mass is 216 g/mol. The molecule has 2 rings (SSSR count). The van der Waals surface area contributed by atoms with Crippen molar-refractivity contribution in [3.05, 3.63) is 34.4 Å². The molecule has 4 heteroatoms. The van der Waals surface area contributed by atoms with Gasteiger partial charge in [-0.2, -0.15) is 13.2 Å². The van der Waals surface area contributed by atoms with Crippen LogP contribution in [0.25, 0.3) is 0 Å². The average molecular weight is 216 g/mol. The van der Waals surface area contributed by atoms with Crippen molar-refractivity contribution in [3.63, 3.8) is 0 Å². The van der Waals surface area contributed by atoms with E-state index in [0.29, 0.717) is 24.0 Å². The minimum Gasteiger partial charge on any atom is -0.388 e. The molecule has 1 aliphatic rings. The second-order valence-electron chi connectivity index (χ2n) is 3.93. The van der Waals surface area contributed by atoms with Crippen LogP contribution >= 0.6 is 0 Å². The lowest BCUT2D eigenvalue weighted by atomic mass is 9.99. The molecule has 0 amide bonds. The minimum atomic E-state index is -4.32. The molecule has 82 valence electrons. The van der Waals surface area contributed by atoms with Crippen molar-refractivity contribution in [2.75, 3.05) is 0 Å². The Kier molecular flexibility index (Phi) is 2.26. The number of fused-ring (bicyclic) bond motifs is 1. The maximum Gasteiger partial charge on any atom is 0.416 e. The second kappa shape index (κ2) is 3.23. The standard InChI is InChI=1S/C11H11F3O/c1-6-4-8-7(2-3-10(8)15)9(5-6)11(12,13)14/h4-5,10,15H,2-3H2,1H3. The van der Waals surface area contributed by atoms with E-state index >= 15 is 0 Å². The molecule has 1 atom stereocenters. The molecule has 0 aliphatic heterocycles. The highest BCUT2D eigenvalue weighted by molar-refractivity contribution is 5.44. The van der Waals surface area contributed by atoms with Crippen LogP contribution in [-0.2, 0) is 12.6 Å². The highest BCUT2D eigenvalue weighted by Crippen LogP contribution is 2.41. The Morgan fingerprint density at radius 1 is 1.33 bits per heavy atom. The first kappa shape index (κ1) is 10.5. The minimum absolute atomic E-state index is 0.264. The molecule has 1 aromatic rings. The van der Waals surface area contributed by atoms with Crippen LogP contribution < -0.4 is 0 Å². The summed E-state index contributed by atoms with van der Waals surface area (Å²) in [6.45, 7) is 1.61. The van der Waals surface area contributed by atoms with Gasteiger partial charge in [0.1, 0.15) is 0 Å². The number of aryl methyl sites for hydroxylation is 1. The summed E-state index contributed by atoms with van der Waals surface area (Å²) in [4.78, 5) is 0. The molecule has 0 radical (unpaired) electrons. The third-order valence-corrected chi connectivity index (χ3v) is 2.76. The second-order valence-corrected chi connectivity index (χ2v) is 3.93. The largest absolute Gasteiger partial charge is 0.416 e. The number of halogens is 3. The highest BCUT2D eigenvalue weighted by atomic mass is 19.4. The lowest BCUT2D eigenvalue weighted by molar-refractivity contribution is -0.138. The van der Waals surface area contributed by atoms with Crippen LogP contribution in [0.15, 0.2) is 12.1 Å². The molecule has 0 bridgehead atoms. The van der Waals surface area contributed by atoms with Gasteiger partial charge in [-0.1, -0.05) is 11.6 Å². The van der Waals surface area contributed by atoms with Crippen LogP contribution in [0.4, 0.5) is 13.2 Å². The maximum atomic E-state index is 12.7. The van der Waals surface area contributed by atoms with Crippen molar-refractivity contribution < 1.29 is 18.3 Å². The summed E-state index contributed by atoms with van der Waals surface area (Å²) >= 11 is 0. The number of alkyl halides is 3. The summed E-state index contributed by atoms with van der Waals surface area (Å²) < 4.78 is 38.0. The average Bonchev–Trinajstić information content (AvgIpc) is 2.45. The van der Waals surface area contributed by atoms with Gasteiger partial charge in [-0.05, 0) is 37.0 Å². The van der Waals surface area contributed by atoms with Crippen molar-refractivity contribution >= 4 is 0 Å². The molecule has 0 heterocycles. The maximum absolute atomic E-state index is 12.7. The lowest BCUT2D eigenvalue weighted by Crippen LogP contribution is -2.09. The zero-order valence-electron chi connectivity index (χ0n) is 8.23. The quantitative estimate of drug-likeness (QED) is 0.706. The molecule has 1 N–H and O–H groups in total. The molecule has 0 fully saturated rings. The van der Waals surface area contributed by atoms with E-state index < -0.39 is 17.8 Å². The van der Waals surface area contributed by atoms with E-state index in [4.69, 9.17) is 0 Å². The molecule has 1 nitrogen and oxygen atoms in total. The van der Waals surface area contributed by atoms with E-state index in [-0.39, 0.29) is 5.56 Å². The normalized spacial score (nSPS) is 20.5. The Morgan fingerprint density at radius 3 is 2.60 bits per heavy atom. The number of hydrogen-bond acceptors (Lipinski definition) is 1. The zero-order valence-corrected chi connectivity index (χ0v) is 8.23. The van der Waals surface area contributed by atoms with Gasteiger partial charge < -0.3 is 5.11 Å². The van der Waals surface area contributed by atoms with Gasteiger partial charge in [0.2, 0.25) is 0 Å². The molecule has 1 aromatic carbocycles. The van der Waals surface area contributed by atoms with Gasteiger partial charge in [0.15, 0.2) is 0 Å². The van der Waals surface area contributed by atoms with Crippen molar-refractivity contribution in [1.82, 2.24) is 0 Å². The number of aliphatic hydroxyl groups excluding tert-OH is 1. The van der Waals surface area contributed by atoms with Crippen molar-refractivity contribution in [2.24, 2.45) is 0 Å². The molecule has 1 aliphatic carbocycles. The van der Waals surface area contributed by atoms with Crippen LogP contribution in [-0.4, -0.2) is 5.11 Å². The first-order chi connectivity index (χ1) is 6.89. The number of rotatable bonds is 0. The van der Waals surface area contributed by atoms with Crippen LogP contribution in [0.2, 0.25) is 0 Å². The fourth-order valence-electron chi connectivity index (χ4n) is 2.11. The van der Waals surface area contributed by atoms with E-state index in [0.717, 1.165) is 6.07 Å². The Morgan fingerprint density at radius 2 is 2.00 bits per heavy atom. The summed E-state index contributed by atoms with van der Waals surface area (Å²) in [5.41, 5.74) is 0.666. The predicted octanol–water partition coefficient (Wildman–Crippen LogP) is 2.99. The summed E-state index contributed by atoms with van der Waals surface area (Å²) in [6.07, 6.45) is -4.35. The third-order valence-electron chi connectivity index (χ3n) is 2.76. The Labute approximate surface area is 85.5 Å². The van der Waals surface area contributed by atoms with E-state index in [1.54, 1.807) is 13.0 Å². The van der Waals surface area contributed by atoms with E-state index in [1.165, 1.54) is 0 Å². The molecule has 0 saturated carbocycles. The van der Waals surface area contributed by atoms with Gasteiger partial charge in [0, 0.05) is 0 Å². The van der Waals surface area contributed by atoms with Crippen LogP contribution in [0.3, 0.4) is 0 Å². The summed E-state index contributed by atoms with van der Waals surface area (Å²) in [6, 6.07) is 2.79. The molecular weight excluding hydrogens is 205 g/mol. The van der Waals surface area contributed by atoms with Crippen LogP contribution in [0.1, 0.15) is 34.8 Å². The first-order valence-corrected chi connectivity index (χ1v) is 4.78. The third kappa shape index (κ3) is 1.74. The summed E-state index contributed by atoms with van der Waals surface area (Å²) in [5.74, 6) is 0. The van der Waals surface area contributed by atoms with Gasteiger partial charge in [0.25, 0.3) is 0 Å².